The molecule has 0 aliphatic carbocycles. The lowest BCUT2D eigenvalue weighted by Gasteiger charge is -2.19. The summed E-state index contributed by atoms with van der Waals surface area (Å²) in [5, 5.41) is 11.7. The van der Waals surface area contributed by atoms with Crippen LogP contribution in [0, 0.1) is 0 Å². The van der Waals surface area contributed by atoms with E-state index in [0.29, 0.717) is 16.3 Å². The number of aromatic nitrogens is 2. The Morgan fingerprint density at radius 1 is 1.14 bits per heavy atom. The van der Waals surface area contributed by atoms with Crippen LogP contribution < -0.4 is 20.2 Å². The normalized spacial score (nSPS) is 12.1. The minimum absolute atomic E-state index is 0.0327. The minimum atomic E-state index is -0.174. The van der Waals surface area contributed by atoms with Crippen LogP contribution in [0.5, 0.6) is 17.6 Å². The van der Waals surface area contributed by atoms with Gasteiger partial charge in [0.25, 0.3) is 0 Å². The topological polar surface area (TPSA) is 70.8 Å². The first kappa shape index (κ1) is 20.4. The van der Waals surface area contributed by atoms with Crippen molar-refractivity contribution in [2.75, 3.05) is 11.9 Å². The molecule has 148 valence electrons. The zero-order valence-corrected chi connectivity index (χ0v) is 17.0. The average molecular weight is 409 g/mol. The summed E-state index contributed by atoms with van der Waals surface area (Å²) in [6.07, 6.45) is 3.14. The molecule has 29 heavy (non-hydrogen) atoms. The third kappa shape index (κ3) is 5.12. The molecule has 0 amide bonds. The van der Waals surface area contributed by atoms with Crippen LogP contribution in [-0.4, -0.2) is 28.8 Å². The summed E-state index contributed by atoms with van der Waals surface area (Å²) in [6, 6.07) is 15.3. The molecule has 0 spiro atoms. The predicted molar refractivity (Wildman–Crippen MR) is 117 cm³/mol. The Balaban J connectivity index is 1.76. The molecule has 0 radical (unpaired) electrons. The maximum Gasteiger partial charge on any atom is 0.325 e. The largest absolute Gasteiger partial charge is 0.493 e. The SMILES string of the molecule is C=N/C=c1/nc(Oc2ccc(N(C)Cc3ccc(Cl)cc3)cc2)nc(O)/c1=C/C. The monoisotopic (exact) mass is 408 g/mol. The van der Waals surface area contributed by atoms with E-state index < -0.39 is 0 Å². The van der Waals surface area contributed by atoms with Crippen molar-refractivity contribution in [1.82, 2.24) is 9.97 Å². The Kier molecular flexibility index (Phi) is 6.46. The van der Waals surface area contributed by atoms with Crippen LogP contribution in [0.2, 0.25) is 5.02 Å². The number of aliphatic imine (C=N–C) groups is 1. The van der Waals surface area contributed by atoms with E-state index in [4.69, 9.17) is 16.3 Å². The molecule has 0 saturated heterocycles. The standard InChI is InChI=1S/C22H21ClN4O2/c1-4-19-20(13-24-2)25-22(26-21(19)28)29-18-11-9-17(10-12-18)27(3)14-15-5-7-16(23)8-6-15/h4-13H,2,14H2,1,3H3,(H,25,26,28)/b19-4+,20-13+. The Hall–Kier alpha value is -3.38. The Bertz CT molecular complexity index is 1110. The molecule has 0 unspecified atom stereocenters. The van der Waals surface area contributed by atoms with Crippen LogP contribution >= 0.6 is 11.6 Å². The van der Waals surface area contributed by atoms with Crippen molar-refractivity contribution in [3.8, 4) is 17.6 Å². The molecule has 3 aromatic rings. The van der Waals surface area contributed by atoms with Crippen molar-refractivity contribution >= 4 is 36.3 Å². The minimum Gasteiger partial charge on any atom is -0.493 e. The second kappa shape index (κ2) is 9.21. The Morgan fingerprint density at radius 3 is 2.45 bits per heavy atom. The predicted octanol–water partition coefficient (Wildman–Crippen LogP) is 3.50. The highest BCUT2D eigenvalue weighted by Gasteiger charge is 2.07. The van der Waals surface area contributed by atoms with Crippen molar-refractivity contribution < 1.29 is 9.84 Å². The van der Waals surface area contributed by atoms with Gasteiger partial charge in [0.1, 0.15) is 5.75 Å². The van der Waals surface area contributed by atoms with E-state index in [2.05, 4.69) is 26.6 Å². The van der Waals surface area contributed by atoms with Gasteiger partial charge in [-0.25, -0.2) is 0 Å². The lowest BCUT2D eigenvalue weighted by molar-refractivity contribution is 0.400. The van der Waals surface area contributed by atoms with Crippen LogP contribution in [0.3, 0.4) is 0 Å². The molecular weight excluding hydrogens is 388 g/mol. The molecule has 0 aliphatic heterocycles. The second-order valence-electron chi connectivity index (χ2n) is 6.31. The van der Waals surface area contributed by atoms with E-state index in [-0.39, 0.29) is 11.9 Å². The maximum atomic E-state index is 10.1. The fourth-order valence-corrected chi connectivity index (χ4v) is 2.92. The Labute approximate surface area is 174 Å². The lowest BCUT2D eigenvalue weighted by Crippen LogP contribution is -2.29. The van der Waals surface area contributed by atoms with Gasteiger partial charge in [-0.15, -0.1) is 0 Å². The fraction of sp³-hybridized carbons (Fsp3) is 0.136. The van der Waals surface area contributed by atoms with Gasteiger partial charge in [0.2, 0.25) is 5.88 Å². The third-order valence-corrected chi connectivity index (χ3v) is 4.51. The van der Waals surface area contributed by atoms with Gasteiger partial charge in [-0.05, 0) is 55.6 Å². The molecule has 2 aromatic carbocycles. The first-order valence-electron chi connectivity index (χ1n) is 8.93. The molecule has 1 heterocycles. The molecule has 7 heteroatoms. The number of hydrogen-bond acceptors (Lipinski definition) is 6. The van der Waals surface area contributed by atoms with Gasteiger partial charge in [-0.1, -0.05) is 29.8 Å². The van der Waals surface area contributed by atoms with Crippen LogP contribution in [0.25, 0.3) is 12.3 Å². The zero-order chi connectivity index (χ0) is 20.8. The quantitative estimate of drug-likeness (QED) is 0.632. The van der Waals surface area contributed by atoms with Gasteiger partial charge in [0.05, 0.1) is 16.8 Å². The second-order valence-corrected chi connectivity index (χ2v) is 6.74. The summed E-state index contributed by atoms with van der Waals surface area (Å²) in [4.78, 5) is 14.1. The van der Waals surface area contributed by atoms with Gasteiger partial charge in [-0.3, -0.25) is 4.99 Å². The van der Waals surface area contributed by atoms with E-state index in [1.165, 1.54) is 6.20 Å². The Morgan fingerprint density at radius 2 is 1.83 bits per heavy atom. The number of hydrogen-bond donors (Lipinski definition) is 1. The first-order chi connectivity index (χ1) is 14.0. The highest BCUT2D eigenvalue weighted by molar-refractivity contribution is 6.30. The summed E-state index contributed by atoms with van der Waals surface area (Å²) in [6.45, 7) is 5.95. The van der Waals surface area contributed by atoms with Gasteiger partial charge in [0, 0.05) is 24.3 Å². The zero-order valence-electron chi connectivity index (χ0n) is 16.2. The van der Waals surface area contributed by atoms with Crippen LogP contribution in [-0.2, 0) is 6.54 Å². The molecule has 0 saturated carbocycles. The van der Waals surface area contributed by atoms with E-state index in [9.17, 15) is 5.11 Å². The van der Waals surface area contributed by atoms with Gasteiger partial charge in [-0.2, -0.15) is 9.97 Å². The number of nitrogens with zero attached hydrogens (tertiary/aromatic N) is 4. The number of halogens is 1. The molecule has 0 aliphatic rings. The highest BCUT2D eigenvalue weighted by atomic mass is 35.5. The third-order valence-electron chi connectivity index (χ3n) is 4.26. The van der Waals surface area contributed by atoms with Crippen molar-refractivity contribution in [3.05, 3.63) is 69.7 Å². The molecule has 1 aromatic heterocycles. The lowest BCUT2D eigenvalue weighted by atomic mass is 10.2. The van der Waals surface area contributed by atoms with Crippen molar-refractivity contribution in [2.24, 2.45) is 4.99 Å². The summed E-state index contributed by atoms with van der Waals surface area (Å²) in [5.41, 5.74) is 2.19. The van der Waals surface area contributed by atoms with Crippen LogP contribution in [0.4, 0.5) is 5.69 Å². The van der Waals surface area contributed by atoms with E-state index in [1.807, 2.05) is 55.6 Å². The summed E-state index contributed by atoms with van der Waals surface area (Å²) >= 11 is 5.94. The number of rotatable bonds is 6. The summed E-state index contributed by atoms with van der Waals surface area (Å²) < 4.78 is 5.70. The van der Waals surface area contributed by atoms with Crippen molar-refractivity contribution in [1.29, 1.82) is 0 Å². The maximum absolute atomic E-state index is 10.1. The molecule has 6 nitrogen and oxygen atoms in total. The van der Waals surface area contributed by atoms with E-state index >= 15 is 0 Å². The van der Waals surface area contributed by atoms with Gasteiger partial charge in [0.15, 0.2) is 0 Å². The fourth-order valence-electron chi connectivity index (χ4n) is 2.79. The van der Waals surface area contributed by atoms with Gasteiger partial charge < -0.3 is 14.7 Å². The smallest absolute Gasteiger partial charge is 0.325 e. The van der Waals surface area contributed by atoms with Crippen LogP contribution in [0.15, 0.2) is 53.5 Å². The van der Waals surface area contributed by atoms with Gasteiger partial charge >= 0.3 is 6.01 Å². The summed E-state index contributed by atoms with van der Waals surface area (Å²) in [5.74, 6) is 0.380. The molecule has 0 atom stereocenters. The number of aromatic hydroxyl groups is 1. The molecular formula is C22H21ClN4O2. The molecule has 0 fully saturated rings. The van der Waals surface area contributed by atoms with E-state index in [1.54, 1.807) is 13.0 Å². The number of benzene rings is 2. The van der Waals surface area contributed by atoms with E-state index in [0.717, 1.165) is 22.8 Å². The van der Waals surface area contributed by atoms with Crippen LogP contribution in [0.1, 0.15) is 12.5 Å². The molecule has 1 N–H and O–H groups in total. The number of anilines is 1. The first-order valence-corrected chi connectivity index (χ1v) is 9.31. The van der Waals surface area contributed by atoms with Crippen molar-refractivity contribution in [2.45, 2.75) is 13.5 Å². The highest BCUT2D eigenvalue weighted by Crippen LogP contribution is 2.23. The molecule has 3 rings (SSSR count). The summed E-state index contributed by atoms with van der Waals surface area (Å²) in [7, 11) is 2.01. The molecule has 0 bridgehead atoms. The average Bonchev–Trinajstić information content (AvgIpc) is 2.70. The van der Waals surface area contributed by atoms with Crippen molar-refractivity contribution in [3.63, 3.8) is 0 Å². The number of ether oxygens (including phenoxy) is 1.